The molecule has 2 N–H and O–H groups in total. The van der Waals surface area contributed by atoms with Gasteiger partial charge >= 0.3 is 0 Å². The third-order valence-corrected chi connectivity index (χ3v) is 3.33. The fraction of sp³-hybridized carbons (Fsp3) is 0.500. The Morgan fingerprint density at radius 1 is 1.37 bits per heavy atom. The van der Waals surface area contributed by atoms with Gasteiger partial charge in [0.2, 0.25) is 0 Å². The maximum absolute atomic E-state index is 12.0. The number of fused-ring (bicyclic) bond motifs is 1. The average molecular weight is 285 g/mol. The van der Waals surface area contributed by atoms with Crippen molar-refractivity contribution in [3.63, 3.8) is 0 Å². The Morgan fingerprint density at radius 2 is 2.05 bits per heavy atom. The summed E-state index contributed by atoms with van der Waals surface area (Å²) in [5, 5.41) is 6.16. The molecule has 1 aliphatic heterocycles. The van der Waals surface area contributed by atoms with E-state index >= 15 is 0 Å². The Kier molecular flexibility index (Phi) is 5.35. The van der Waals surface area contributed by atoms with E-state index < -0.39 is 0 Å². The van der Waals surface area contributed by atoms with Crippen LogP contribution in [-0.4, -0.2) is 25.2 Å². The highest BCUT2D eigenvalue weighted by atomic mass is 35.5. The van der Waals surface area contributed by atoms with E-state index in [1.807, 2.05) is 32.0 Å². The second-order valence-corrected chi connectivity index (χ2v) is 5.23. The minimum Gasteiger partial charge on any atom is -0.377 e. The summed E-state index contributed by atoms with van der Waals surface area (Å²) in [6.07, 6.45) is 0. The van der Waals surface area contributed by atoms with Gasteiger partial charge in [-0.2, -0.15) is 0 Å². The van der Waals surface area contributed by atoms with Crippen molar-refractivity contribution in [2.45, 2.75) is 32.5 Å². The summed E-state index contributed by atoms with van der Waals surface area (Å²) >= 11 is 0. The largest absolute Gasteiger partial charge is 0.377 e. The number of carbonyl (C=O) groups excluding carboxylic acids is 1. The van der Waals surface area contributed by atoms with Gasteiger partial charge < -0.3 is 15.4 Å². The predicted molar refractivity (Wildman–Crippen MR) is 77.7 cm³/mol. The summed E-state index contributed by atoms with van der Waals surface area (Å²) in [5.41, 5.74) is 2.87. The molecule has 4 nitrogen and oxygen atoms in total. The molecule has 5 heteroatoms. The van der Waals surface area contributed by atoms with E-state index in [2.05, 4.69) is 10.6 Å². The van der Waals surface area contributed by atoms with E-state index in [1.165, 1.54) is 11.1 Å². The number of rotatable bonds is 4. The van der Waals surface area contributed by atoms with Gasteiger partial charge in [0.05, 0.1) is 5.60 Å². The third-order valence-electron chi connectivity index (χ3n) is 3.33. The van der Waals surface area contributed by atoms with Crippen LogP contribution in [0.1, 0.15) is 35.3 Å². The first-order valence-corrected chi connectivity index (χ1v) is 6.18. The van der Waals surface area contributed by atoms with Crippen molar-refractivity contribution in [2.75, 3.05) is 13.7 Å². The molecule has 1 heterocycles. The summed E-state index contributed by atoms with van der Waals surface area (Å²) in [4.78, 5) is 12.0. The van der Waals surface area contributed by atoms with Crippen molar-refractivity contribution >= 4 is 18.3 Å². The molecule has 0 aromatic heterocycles. The highest BCUT2D eigenvalue weighted by molar-refractivity contribution is 5.94. The van der Waals surface area contributed by atoms with Crippen LogP contribution in [0.15, 0.2) is 18.2 Å². The van der Waals surface area contributed by atoms with Crippen molar-refractivity contribution in [3.05, 3.63) is 34.9 Å². The van der Waals surface area contributed by atoms with E-state index in [4.69, 9.17) is 4.74 Å². The van der Waals surface area contributed by atoms with E-state index in [1.54, 1.807) is 7.11 Å². The smallest absolute Gasteiger partial charge is 0.251 e. The van der Waals surface area contributed by atoms with Crippen LogP contribution in [0.3, 0.4) is 0 Å². The van der Waals surface area contributed by atoms with Crippen LogP contribution in [0, 0.1) is 0 Å². The van der Waals surface area contributed by atoms with E-state index in [0.29, 0.717) is 12.1 Å². The molecule has 1 amide bonds. The molecule has 0 atom stereocenters. The van der Waals surface area contributed by atoms with Gasteiger partial charge in [-0.25, -0.2) is 0 Å². The Bertz CT molecular complexity index is 461. The first-order valence-electron chi connectivity index (χ1n) is 6.18. The molecule has 0 unspecified atom stereocenters. The zero-order chi connectivity index (χ0) is 13.2. The lowest BCUT2D eigenvalue weighted by atomic mass is 10.1. The summed E-state index contributed by atoms with van der Waals surface area (Å²) in [6, 6.07) is 5.86. The molecular weight excluding hydrogens is 264 g/mol. The second-order valence-electron chi connectivity index (χ2n) is 5.23. The highest BCUT2D eigenvalue weighted by Crippen LogP contribution is 2.17. The van der Waals surface area contributed by atoms with Crippen molar-refractivity contribution < 1.29 is 9.53 Å². The maximum atomic E-state index is 12.0. The molecule has 0 saturated heterocycles. The Hall–Kier alpha value is -1.10. The number of nitrogens with one attached hydrogen (secondary N) is 2. The molecule has 2 rings (SSSR count). The summed E-state index contributed by atoms with van der Waals surface area (Å²) in [7, 11) is 1.65. The average Bonchev–Trinajstić information content (AvgIpc) is 2.83. The van der Waals surface area contributed by atoms with Crippen LogP contribution in [0.5, 0.6) is 0 Å². The number of methoxy groups -OCH3 is 1. The summed E-state index contributed by atoms with van der Waals surface area (Å²) in [5.74, 6) is -0.0465. The Labute approximate surface area is 120 Å². The standard InChI is InChI=1S/C14H20N2O2.ClH/c1-14(2,18-3)9-16-13(17)10-4-5-11-7-15-8-12(11)6-10;/h4-6,15H,7-9H2,1-3H3,(H,16,17);1H. The molecule has 0 fully saturated rings. The van der Waals surface area contributed by atoms with Crippen molar-refractivity contribution in [1.82, 2.24) is 10.6 Å². The number of halogens is 1. The first-order chi connectivity index (χ1) is 8.52. The second kappa shape index (κ2) is 6.37. The highest BCUT2D eigenvalue weighted by Gasteiger charge is 2.19. The molecule has 19 heavy (non-hydrogen) atoms. The number of hydrogen-bond donors (Lipinski definition) is 2. The van der Waals surface area contributed by atoms with E-state index in [9.17, 15) is 4.79 Å². The van der Waals surface area contributed by atoms with Crippen LogP contribution >= 0.6 is 12.4 Å². The zero-order valence-corrected chi connectivity index (χ0v) is 12.4. The monoisotopic (exact) mass is 284 g/mol. The topological polar surface area (TPSA) is 50.4 Å². The number of hydrogen-bond acceptors (Lipinski definition) is 3. The number of amides is 1. The van der Waals surface area contributed by atoms with Gasteiger partial charge in [0.1, 0.15) is 0 Å². The van der Waals surface area contributed by atoms with Crippen LogP contribution in [0.4, 0.5) is 0 Å². The predicted octanol–water partition coefficient (Wildman–Crippen LogP) is 1.87. The fourth-order valence-corrected chi connectivity index (χ4v) is 1.90. The third kappa shape index (κ3) is 3.93. The first kappa shape index (κ1) is 16.0. The molecule has 1 aromatic rings. The fourth-order valence-electron chi connectivity index (χ4n) is 1.90. The van der Waals surface area contributed by atoms with Crippen LogP contribution in [-0.2, 0) is 17.8 Å². The quantitative estimate of drug-likeness (QED) is 0.887. The molecule has 0 radical (unpaired) electrons. The Morgan fingerprint density at radius 3 is 2.74 bits per heavy atom. The summed E-state index contributed by atoms with van der Waals surface area (Å²) in [6.45, 7) is 6.13. The van der Waals surface area contributed by atoms with Crippen LogP contribution in [0.25, 0.3) is 0 Å². The lowest BCUT2D eigenvalue weighted by Crippen LogP contribution is -2.39. The van der Waals surface area contributed by atoms with Gasteiger partial charge in [0, 0.05) is 32.3 Å². The molecule has 1 aromatic carbocycles. The molecule has 0 spiro atoms. The minimum absolute atomic E-state index is 0. The summed E-state index contributed by atoms with van der Waals surface area (Å²) < 4.78 is 5.27. The van der Waals surface area contributed by atoms with Crippen LogP contribution in [0.2, 0.25) is 0 Å². The van der Waals surface area contributed by atoms with Crippen molar-refractivity contribution in [2.24, 2.45) is 0 Å². The minimum atomic E-state index is -0.339. The molecular formula is C14H21ClN2O2. The molecule has 1 aliphatic rings. The van der Waals surface area contributed by atoms with Gasteiger partial charge in [-0.1, -0.05) is 6.07 Å². The van der Waals surface area contributed by atoms with Gasteiger partial charge in [-0.05, 0) is 37.1 Å². The van der Waals surface area contributed by atoms with Gasteiger partial charge in [0.15, 0.2) is 0 Å². The van der Waals surface area contributed by atoms with Gasteiger partial charge in [0.25, 0.3) is 5.91 Å². The molecule has 106 valence electrons. The van der Waals surface area contributed by atoms with Crippen LogP contribution < -0.4 is 10.6 Å². The van der Waals surface area contributed by atoms with Crippen molar-refractivity contribution in [1.29, 1.82) is 0 Å². The van der Waals surface area contributed by atoms with Gasteiger partial charge in [-0.3, -0.25) is 4.79 Å². The zero-order valence-electron chi connectivity index (χ0n) is 11.6. The number of carbonyl (C=O) groups is 1. The van der Waals surface area contributed by atoms with E-state index in [-0.39, 0.29) is 23.9 Å². The number of ether oxygens (including phenoxy) is 1. The lowest BCUT2D eigenvalue weighted by Gasteiger charge is -2.23. The van der Waals surface area contributed by atoms with Crippen molar-refractivity contribution in [3.8, 4) is 0 Å². The molecule has 0 bridgehead atoms. The molecule has 0 aliphatic carbocycles. The Balaban J connectivity index is 0.00000180. The lowest BCUT2D eigenvalue weighted by molar-refractivity contribution is 0.0229. The number of benzene rings is 1. The SMILES string of the molecule is COC(C)(C)CNC(=O)c1ccc2c(c1)CNC2.Cl. The van der Waals surface area contributed by atoms with Gasteiger partial charge in [-0.15, -0.1) is 12.4 Å². The van der Waals surface area contributed by atoms with E-state index in [0.717, 1.165) is 13.1 Å². The maximum Gasteiger partial charge on any atom is 0.251 e. The molecule has 0 saturated carbocycles. The normalized spacial score (nSPS) is 13.6.